The third kappa shape index (κ3) is 2.84. The second-order valence-corrected chi connectivity index (χ2v) is 3.61. The van der Waals surface area contributed by atoms with Crippen molar-refractivity contribution in [2.75, 3.05) is 0 Å². The first kappa shape index (κ1) is 11.2. The van der Waals surface area contributed by atoms with Gasteiger partial charge in [0.05, 0.1) is 5.56 Å². The number of phenolic OH excluding ortho intramolecular Hbond substituents is 1. The Labute approximate surface area is 99.3 Å². The molecule has 0 unspecified atom stereocenters. The van der Waals surface area contributed by atoms with E-state index in [9.17, 15) is 9.90 Å². The monoisotopic (exact) mass is 228 g/mol. The zero-order valence-corrected chi connectivity index (χ0v) is 9.17. The van der Waals surface area contributed by atoms with Crippen molar-refractivity contribution in [2.45, 2.75) is 6.61 Å². The summed E-state index contributed by atoms with van der Waals surface area (Å²) in [5.41, 5.74) is 1.44. The summed E-state index contributed by atoms with van der Waals surface area (Å²) < 4.78 is 5.50. The number of benzene rings is 2. The second-order valence-electron chi connectivity index (χ2n) is 3.61. The van der Waals surface area contributed by atoms with Crippen LogP contribution in [0.2, 0.25) is 0 Å². The van der Waals surface area contributed by atoms with Crippen LogP contribution in [0.3, 0.4) is 0 Å². The van der Waals surface area contributed by atoms with E-state index in [0.717, 1.165) is 5.56 Å². The van der Waals surface area contributed by atoms with E-state index in [1.54, 1.807) is 0 Å². The molecule has 86 valence electrons. The molecular weight excluding hydrogens is 216 g/mol. The lowest BCUT2D eigenvalue weighted by molar-refractivity contribution is 0.111. The summed E-state index contributed by atoms with van der Waals surface area (Å²) in [5.74, 6) is 0.475. The highest BCUT2D eigenvalue weighted by atomic mass is 16.5. The van der Waals surface area contributed by atoms with Gasteiger partial charge in [0.1, 0.15) is 18.1 Å². The van der Waals surface area contributed by atoms with Crippen molar-refractivity contribution >= 4 is 6.29 Å². The summed E-state index contributed by atoms with van der Waals surface area (Å²) in [6, 6.07) is 14.1. The van der Waals surface area contributed by atoms with Crippen LogP contribution < -0.4 is 4.74 Å². The summed E-state index contributed by atoms with van der Waals surface area (Å²) in [4.78, 5) is 10.8. The average molecular weight is 228 g/mol. The van der Waals surface area contributed by atoms with Crippen LogP contribution in [0.4, 0.5) is 0 Å². The van der Waals surface area contributed by atoms with Crippen molar-refractivity contribution in [3.05, 3.63) is 59.7 Å². The molecule has 0 radical (unpaired) electrons. The van der Waals surface area contributed by atoms with Gasteiger partial charge in [-0.2, -0.15) is 0 Å². The smallest absolute Gasteiger partial charge is 0.153 e. The van der Waals surface area contributed by atoms with Gasteiger partial charge in [0.15, 0.2) is 6.29 Å². The molecule has 0 aliphatic heterocycles. The topological polar surface area (TPSA) is 46.5 Å². The zero-order chi connectivity index (χ0) is 12.1. The maximum absolute atomic E-state index is 10.8. The molecule has 17 heavy (non-hydrogen) atoms. The highest BCUT2D eigenvalue weighted by Gasteiger charge is 2.04. The van der Waals surface area contributed by atoms with Gasteiger partial charge in [-0.15, -0.1) is 0 Å². The molecule has 0 aromatic heterocycles. The first-order chi connectivity index (χ1) is 8.29. The summed E-state index contributed by atoms with van der Waals surface area (Å²) in [5, 5.41) is 9.33. The minimum Gasteiger partial charge on any atom is -0.508 e. The van der Waals surface area contributed by atoms with Crippen LogP contribution >= 0.6 is 0 Å². The lowest BCUT2D eigenvalue weighted by atomic mass is 10.2. The fraction of sp³-hybridized carbons (Fsp3) is 0.0714. The van der Waals surface area contributed by atoms with Crippen molar-refractivity contribution in [1.82, 2.24) is 0 Å². The minimum atomic E-state index is 0.0821. The van der Waals surface area contributed by atoms with Crippen LogP contribution in [0, 0.1) is 0 Å². The van der Waals surface area contributed by atoms with Crippen molar-refractivity contribution < 1.29 is 14.6 Å². The van der Waals surface area contributed by atoms with E-state index in [1.165, 1.54) is 18.2 Å². The van der Waals surface area contributed by atoms with Gasteiger partial charge in [0.25, 0.3) is 0 Å². The lowest BCUT2D eigenvalue weighted by Crippen LogP contribution is -1.97. The molecule has 3 nitrogen and oxygen atoms in total. The molecular formula is C14H12O3. The molecule has 0 atom stereocenters. The quantitative estimate of drug-likeness (QED) is 0.818. The van der Waals surface area contributed by atoms with Crippen molar-refractivity contribution in [1.29, 1.82) is 0 Å². The molecule has 0 amide bonds. The molecule has 0 bridgehead atoms. The Morgan fingerprint density at radius 1 is 1.12 bits per heavy atom. The summed E-state index contributed by atoms with van der Waals surface area (Å²) in [6.45, 7) is 0.366. The van der Waals surface area contributed by atoms with E-state index in [2.05, 4.69) is 0 Å². The van der Waals surface area contributed by atoms with Crippen molar-refractivity contribution in [2.24, 2.45) is 0 Å². The van der Waals surface area contributed by atoms with Gasteiger partial charge in [0.2, 0.25) is 0 Å². The van der Waals surface area contributed by atoms with Crippen LogP contribution in [-0.2, 0) is 6.61 Å². The molecule has 2 aromatic rings. The maximum atomic E-state index is 10.8. The van der Waals surface area contributed by atoms with Gasteiger partial charge in [-0.1, -0.05) is 30.3 Å². The number of aldehydes is 1. The molecule has 0 spiro atoms. The molecule has 0 aliphatic rings. The van der Waals surface area contributed by atoms with Crippen LogP contribution in [0.5, 0.6) is 11.5 Å². The zero-order valence-electron chi connectivity index (χ0n) is 9.17. The predicted octanol–water partition coefficient (Wildman–Crippen LogP) is 2.78. The Morgan fingerprint density at radius 3 is 2.59 bits per heavy atom. The number of ether oxygens (including phenoxy) is 1. The first-order valence-corrected chi connectivity index (χ1v) is 5.24. The third-order valence-corrected chi connectivity index (χ3v) is 2.36. The molecule has 3 heteroatoms. The largest absolute Gasteiger partial charge is 0.508 e. The molecule has 0 fully saturated rings. The molecule has 0 saturated carbocycles. The van der Waals surface area contributed by atoms with Crippen LogP contribution in [0.15, 0.2) is 48.5 Å². The van der Waals surface area contributed by atoms with E-state index in [0.29, 0.717) is 24.2 Å². The Kier molecular flexibility index (Phi) is 3.40. The van der Waals surface area contributed by atoms with Crippen molar-refractivity contribution in [3.63, 3.8) is 0 Å². The Morgan fingerprint density at radius 2 is 1.88 bits per heavy atom. The lowest BCUT2D eigenvalue weighted by Gasteiger charge is -2.08. The van der Waals surface area contributed by atoms with Crippen LogP contribution in [0.1, 0.15) is 15.9 Å². The maximum Gasteiger partial charge on any atom is 0.153 e. The van der Waals surface area contributed by atoms with E-state index < -0.39 is 0 Å². The van der Waals surface area contributed by atoms with E-state index in [1.807, 2.05) is 30.3 Å². The van der Waals surface area contributed by atoms with Crippen LogP contribution in [-0.4, -0.2) is 11.4 Å². The molecule has 1 N–H and O–H groups in total. The Hall–Kier alpha value is -2.29. The van der Waals surface area contributed by atoms with Crippen molar-refractivity contribution in [3.8, 4) is 11.5 Å². The summed E-state index contributed by atoms with van der Waals surface area (Å²) in [6.07, 6.45) is 0.708. The van der Waals surface area contributed by atoms with Gasteiger partial charge in [0, 0.05) is 6.07 Å². The molecule has 2 rings (SSSR count). The van der Waals surface area contributed by atoms with E-state index in [4.69, 9.17) is 4.74 Å². The first-order valence-electron chi connectivity index (χ1n) is 5.24. The van der Waals surface area contributed by atoms with Crippen LogP contribution in [0.25, 0.3) is 0 Å². The number of aromatic hydroxyl groups is 1. The number of rotatable bonds is 4. The van der Waals surface area contributed by atoms with Gasteiger partial charge >= 0.3 is 0 Å². The molecule has 0 heterocycles. The summed E-state index contributed by atoms with van der Waals surface area (Å²) in [7, 11) is 0. The van der Waals surface area contributed by atoms with E-state index in [-0.39, 0.29) is 5.75 Å². The van der Waals surface area contributed by atoms with Gasteiger partial charge in [-0.3, -0.25) is 4.79 Å². The summed E-state index contributed by atoms with van der Waals surface area (Å²) >= 11 is 0. The predicted molar refractivity (Wildman–Crippen MR) is 64.3 cm³/mol. The second kappa shape index (κ2) is 5.16. The Bertz CT molecular complexity index is 506. The molecule has 2 aromatic carbocycles. The van der Waals surface area contributed by atoms with E-state index >= 15 is 0 Å². The third-order valence-electron chi connectivity index (χ3n) is 2.36. The fourth-order valence-corrected chi connectivity index (χ4v) is 1.48. The number of carbonyl (C=O) groups is 1. The normalized spacial score (nSPS) is 9.88. The van der Waals surface area contributed by atoms with Gasteiger partial charge in [-0.05, 0) is 17.7 Å². The standard InChI is InChI=1S/C14H12O3/c15-9-12-6-7-13(16)8-14(12)17-10-11-4-2-1-3-5-11/h1-9,16H,10H2. The molecule has 0 aliphatic carbocycles. The number of hydrogen-bond donors (Lipinski definition) is 1. The van der Waals surface area contributed by atoms with Gasteiger partial charge in [-0.25, -0.2) is 0 Å². The number of hydrogen-bond acceptors (Lipinski definition) is 3. The highest BCUT2D eigenvalue weighted by Crippen LogP contribution is 2.23. The fourth-order valence-electron chi connectivity index (χ4n) is 1.48. The minimum absolute atomic E-state index is 0.0821. The number of carbonyl (C=O) groups excluding carboxylic acids is 1. The SMILES string of the molecule is O=Cc1ccc(O)cc1OCc1ccccc1. The Balaban J connectivity index is 2.13. The highest BCUT2D eigenvalue weighted by molar-refractivity contribution is 5.79. The average Bonchev–Trinajstić information content (AvgIpc) is 2.38. The molecule has 0 saturated heterocycles. The van der Waals surface area contributed by atoms with Gasteiger partial charge < -0.3 is 9.84 Å². The number of phenols is 1.